The number of halogens is 2. The van der Waals surface area contributed by atoms with Crippen LogP contribution in [0.25, 0.3) is 5.57 Å². The van der Waals surface area contributed by atoms with Crippen LogP contribution in [0.5, 0.6) is 0 Å². The van der Waals surface area contributed by atoms with Crippen LogP contribution in [0.2, 0.25) is 0 Å². The van der Waals surface area contributed by atoms with E-state index in [0.29, 0.717) is 0 Å². The Bertz CT molecular complexity index is 1990. The van der Waals surface area contributed by atoms with Crippen molar-refractivity contribution in [3.8, 4) is 0 Å². The van der Waals surface area contributed by atoms with Crippen LogP contribution in [0.15, 0.2) is 249 Å². The van der Waals surface area contributed by atoms with Gasteiger partial charge in [0.15, 0.2) is 0 Å². The fraction of sp³-hybridized carbons (Fsp3) is 0. The summed E-state index contributed by atoms with van der Waals surface area (Å²) in [4.78, 5) is 0. The van der Waals surface area contributed by atoms with E-state index in [-0.39, 0.29) is 0 Å². The van der Waals surface area contributed by atoms with Crippen molar-refractivity contribution in [2.45, 2.75) is 0 Å². The molecule has 0 unspecified atom stereocenters. The van der Waals surface area contributed by atoms with Crippen molar-refractivity contribution < 1.29 is 13.5 Å². The average molecular weight is 889 g/mol. The molecule has 0 radical (unpaired) electrons. The van der Waals surface area contributed by atoms with E-state index in [1.807, 2.05) is 47.1 Å². The molecule has 8 aromatic carbocycles. The first-order valence-electron chi connectivity index (χ1n) is 18.2. The predicted molar refractivity (Wildman–Crippen MR) is 248 cm³/mol. The van der Waals surface area contributed by atoms with Crippen molar-refractivity contribution in [3.63, 3.8) is 0 Å². The molecule has 0 heterocycles. The minimum absolute atomic E-state index is 0.446. The molecule has 0 atom stereocenters. The molecule has 0 spiro atoms. The average Bonchev–Trinajstić information content (AvgIpc) is 3.27. The fourth-order valence-corrected chi connectivity index (χ4v) is 11.7. The van der Waals surface area contributed by atoms with E-state index in [4.69, 9.17) is 19.4 Å². The molecule has 0 aromatic heterocycles. The molecule has 8 rings (SSSR count). The molecule has 0 amide bonds. The summed E-state index contributed by atoms with van der Waals surface area (Å²) < 4.78 is 1.92. The third-order valence-corrected chi connectivity index (χ3v) is 15.2. The van der Waals surface area contributed by atoms with Crippen LogP contribution in [0.4, 0.5) is 0 Å². The minimum Gasteiger partial charge on any atom is -0.0622 e. The van der Waals surface area contributed by atoms with Gasteiger partial charge in [-0.25, -0.2) is 0 Å². The van der Waals surface area contributed by atoms with Gasteiger partial charge in [0.25, 0.3) is 0 Å². The molecular formula is C51H42Cl2P2Ru. The molecule has 56 heavy (non-hydrogen) atoms. The van der Waals surface area contributed by atoms with Gasteiger partial charge in [0.2, 0.25) is 0 Å². The van der Waals surface area contributed by atoms with Crippen LogP contribution >= 0.6 is 35.2 Å². The van der Waals surface area contributed by atoms with Gasteiger partial charge in [0.05, 0.1) is 0 Å². The van der Waals surface area contributed by atoms with Crippen LogP contribution in [0.1, 0.15) is 11.1 Å². The second-order valence-corrected chi connectivity index (χ2v) is 22.6. The molecule has 0 bridgehead atoms. The molecule has 0 aliphatic heterocycles. The summed E-state index contributed by atoms with van der Waals surface area (Å²) in [5.74, 6) is 0. The van der Waals surface area contributed by atoms with E-state index in [2.05, 4.69) is 206 Å². The molecular weight excluding hydrogens is 846 g/mol. The molecule has 8 aromatic rings. The number of hydrogen-bond donors (Lipinski definition) is 0. The molecule has 0 nitrogen and oxygen atoms in total. The topological polar surface area (TPSA) is 0 Å². The summed E-state index contributed by atoms with van der Waals surface area (Å²) >= 11 is -1.77. The Hall–Kier alpha value is -4.57. The Kier molecular flexibility index (Phi) is 16.8. The van der Waals surface area contributed by atoms with Gasteiger partial charge in [-0.2, -0.15) is 0 Å². The Morgan fingerprint density at radius 3 is 0.696 bits per heavy atom. The summed E-state index contributed by atoms with van der Waals surface area (Å²) in [6.45, 7) is 0. The Balaban J connectivity index is 0.000000142. The first kappa shape index (κ1) is 41.1. The monoisotopic (exact) mass is 888 g/mol. The second-order valence-electron chi connectivity index (χ2n) is 12.3. The summed E-state index contributed by atoms with van der Waals surface area (Å²) in [6.07, 6.45) is 2.03. The zero-order valence-corrected chi connectivity index (χ0v) is 35.8. The molecule has 0 fully saturated rings. The largest absolute Gasteiger partial charge is 0.0622 e. The van der Waals surface area contributed by atoms with Crippen molar-refractivity contribution in [2.24, 2.45) is 0 Å². The van der Waals surface area contributed by atoms with Gasteiger partial charge in [0, 0.05) is 0 Å². The minimum atomic E-state index is -1.77. The zero-order valence-electron chi connectivity index (χ0n) is 30.8. The van der Waals surface area contributed by atoms with Gasteiger partial charge < -0.3 is 0 Å². The van der Waals surface area contributed by atoms with Crippen molar-refractivity contribution in [1.29, 1.82) is 0 Å². The van der Waals surface area contributed by atoms with Crippen LogP contribution in [0.3, 0.4) is 0 Å². The van der Waals surface area contributed by atoms with Crippen molar-refractivity contribution in [2.75, 3.05) is 0 Å². The quantitative estimate of drug-likeness (QED) is 0.100. The smallest absolute Gasteiger partial charge is 0.0134 e. The van der Waals surface area contributed by atoms with Crippen LogP contribution in [-0.4, -0.2) is 4.61 Å². The first-order valence-corrected chi connectivity index (χ1v) is 26.4. The zero-order chi connectivity index (χ0) is 38.6. The third-order valence-electron chi connectivity index (χ3n) is 8.57. The number of allylic oxidation sites excluding steroid dienone is 1. The second kappa shape index (κ2) is 22.9. The van der Waals surface area contributed by atoms with Gasteiger partial charge >= 0.3 is 121 Å². The standard InChI is InChI=1S/2C18H15P.C15H12.2ClH.Ru/c2*1-4-10-16(11-5-1)19(17-12-6-2-7-13-17)18-14-8-3-9-15-18;1-2-15(13-9-5-3-6-10-13)14-11-7-4-8-12-14;;;/h2*1-15H;1-12H;2*1H;/q;;;;;+2/p-2. The maximum atomic E-state index is 5.91. The fourth-order valence-electron chi connectivity index (χ4n) is 6.05. The van der Waals surface area contributed by atoms with E-state index < -0.39 is 29.4 Å². The molecule has 0 saturated carbocycles. The number of hydrogen-bond acceptors (Lipinski definition) is 0. The predicted octanol–water partition coefficient (Wildman–Crippen LogP) is 11.7. The summed E-state index contributed by atoms with van der Waals surface area (Å²) in [7, 11) is 10.9. The van der Waals surface area contributed by atoms with Crippen LogP contribution < -0.4 is 31.8 Å². The Labute approximate surface area is 348 Å². The maximum absolute atomic E-state index is 5.91. The van der Waals surface area contributed by atoms with E-state index in [1.165, 1.54) is 43.0 Å². The molecule has 5 heteroatoms. The number of rotatable bonds is 9. The van der Waals surface area contributed by atoms with Crippen LogP contribution in [0, 0.1) is 0 Å². The van der Waals surface area contributed by atoms with E-state index in [0.717, 1.165) is 5.57 Å². The van der Waals surface area contributed by atoms with Gasteiger partial charge in [-0.1, -0.05) is 182 Å². The Morgan fingerprint density at radius 1 is 0.304 bits per heavy atom. The van der Waals surface area contributed by atoms with E-state index in [1.54, 1.807) is 0 Å². The summed E-state index contributed by atoms with van der Waals surface area (Å²) in [5.41, 5.74) is 3.49. The summed E-state index contributed by atoms with van der Waals surface area (Å²) in [5, 5.41) is 8.39. The molecule has 278 valence electrons. The van der Waals surface area contributed by atoms with Gasteiger partial charge in [0.1, 0.15) is 0 Å². The molecule has 0 aliphatic carbocycles. The van der Waals surface area contributed by atoms with E-state index in [9.17, 15) is 0 Å². The Morgan fingerprint density at radius 2 is 0.500 bits per heavy atom. The van der Waals surface area contributed by atoms with Crippen molar-refractivity contribution >= 4 is 77.2 Å². The van der Waals surface area contributed by atoms with Crippen molar-refractivity contribution in [3.05, 3.63) is 260 Å². The molecule has 0 aliphatic rings. The maximum Gasteiger partial charge on any atom is -0.0134 e. The van der Waals surface area contributed by atoms with Crippen LogP contribution in [-0.2, 0) is 13.5 Å². The third kappa shape index (κ3) is 12.5. The van der Waals surface area contributed by atoms with Gasteiger partial charge in [-0.05, 0) is 47.7 Å². The normalized spacial score (nSPS) is 10.6. The van der Waals surface area contributed by atoms with Gasteiger partial charge in [-0.15, -0.1) is 0 Å². The van der Waals surface area contributed by atoms with Gasteiger partial charge in [-0.3, -0.25) is 0 Å². The number of benzene rings is 8. The SMILES string of the molecule is [Cl][Ru]([Cl])=[CH]C=C(c1ccccc1)c1ccccc1.c1ccc(P(c2ccccc2)c2ccccc2)cc1.c1ccc(P(c2ccccc2)c2ccccc2)cc1. The first-order chi connectivity index (χ1) is 27.7. The van der Waals surface area contributed by atoms with Crippen molar-refractivity contribution in [1.82, 2.24) is 0 Å². The molecule has 0 N–H and O–H groups in total. The van der Waals surface area contributed by atoms with E-state index >= 15 is 0 Å². The summed E-state index contributed by atoms with van der Waals surface area (Å²) in [6, 6.07) is 85.2. The molecule has 0 saturated heterocycles.